The Balaban J connectivity index is 1.72. The van der Waals surface area contributed by atoms with Crippen LogP contribution < -0.4 is 27.2 Å². The number of aromatic amines is 1. The number of carbonyl (C=O) groups is 3. The molecule has 1 aliphatic heterocycles. The predicted octanol–water partition coefficient (Wildman–Crippen LogP) is 0.766. The average Bonchev–Trinajstić information content (AvgIpc) is 3.12. The maximum Gasteiger partial charge on any atom is 0.330 e. The number of hydrogen-bond donors (Lipinski definition) is 3. The standard InChI is InChI=1S/C26H28N6O6/c1-26(18-11-7-4-8-12-18)23(35)32(25(37)29-26)16-19(33)31(15-17-9-5-3-6-10-17)20-21(27)30(13-14-38-2)24(36)28-22(20)34/h3-12H,13-16,27H2,1-2H3,(H,29,37)(H,28,34,36)/t26-/m0/s1. The fourth-order valence-corrected chi connectivity index (χ4v) is 4.33. The third kappa shape index (κ3) is 4.93. The molecule has 4 amide bonds. The SMILES string of the molecule is COCCn1c(N)c(N(Cc2ccccc2)C(=O)CN2C(=O)N[C@@](C)(c3ccccc3)C2=O)c(=O)[nH]c1=O. The number of nitrogens with one attached hydrogen (secondary N) is 2. The van der Waals surface area contributed by atoms with Gasteiger partial charge in [-0.1, -0.05) is 60.7 Å². The summed E-state index contributed by atoms with van der Waals surface area (Å²) in [6.07, 6.45) is 0. The third-order valence-corrected chi connectivity index (χ3v) is 6.41. The van der Waals surface area contributed by atoms with E-state index in [0.717, 1.165) is 14.4 Å². The molecule has 12 nitrogen and oxygen atoms in total. The highest BCUT2D eigenvalue weighted by Gasteiger charge is 2.49. The van der Waals surface area contributed by atoms with E-state index in [1.165, 1.54) is 7.11 Å². The second-order valence-electron chi connectivity index (χ2n) is 8.92. The predicted molar refractivity (Wildman–Crippen MR) is 139 cm³/mol. The van der Waals surface area contributed by atoms with Crippen LogP contribution in [0.3, 0.4) is 0 Å². The minimum absolute atomic E-state index is 0.0285. The number of methoxy groups -OCH3 is 1. The van der Waals surface area contributed by atoms with Gasteiger partial charge in [-0.15, -0.1) is 0 Å². The lowest BCUT2D eigenvalue weighted by atomic mass is 9.92. The maximum absolute atomic E-state index is 13.7. The van der Waals surface area contributed by atoms with Crippen LogP contribution in [0.4, 0.5) is 16.3 Å². The molecule has 0 spiro atoms. The summed E-state index contributed by atoms with van der Waals surface area (Å²) in [5.74, 6) is -1.61. The Morgan fingerprint density at radius 2 is 1.66 bits per heavy atom. The van der Waals surface area contributed by atoms with Gasteiger partial charge < -0.3 is 15.8 Å². The molecule has 12 heteroatoms. The van der Waals surface area contributed by atoms with Crippen molar-refractivity contribution in [3.8, 4) is 0 Å². The van der Waals surface area contributed by atoms with Crippen LogP contribution in [0.25, 0.3) is 0 Å². The van der Waals surface area contributed by atoms with Crippen LogP contribution in [0.2, 0.25) is 0 Å². The van der Waals surface area contributed by atoms with Crippen molar-refractivity contribution in [3.63, 3.8) is 0 Å². The van der Waals surface area contributed by atoms with Gasteiger partial charge in [0, 0.05) is 7.11 Å². The van der Waals surface area contributed by atoms with Crippen molar-refractivity contribution in [2.24, 2.45) is 0 Å². The molecule has 1 aliphatic rings. The van der Waals surface area contributed by atoms with Gasteiger partial charge in [0.05, 0.1) is 19.7 Å². The Bertz CT molecular complexity index is 1470. The van der Waals surface area contributed by atoms with Crippen molar-refractivity contribution in [2.75, 3.05) is 30.9 Å². The van der Waals surface area contributed by atoms with Gasteiger partial charge in [-0.2, -0.15) is 0 Å². The summed E-state index contributed by atoms with van der Waals surface area (Å²) in [7, 11) is 1.44. The number of rotatable bonds is 9. The number of anilines is 2. The summed E-state index contributed by atoms with van der Waals surface area (Å²) in [5, 5.41) is 2.66. The molecule has 1 saturated heterocycles. The first-order chi connectivity index (χ1) is 18.2. The number of urea groups is 1. The number of nitrogens with zero attached hydrogens (tertiary/aromatic N) is 3. The van der Waals surface area contributed by atoms with E-state index in [4.69, 9.17) is 10.5 Å². The zero-order chi connectivity index (χ0) is 27.4. The van der Waals surface area contributed by atoms with Gasteiger partial charge in [0.2, 0.25) is 5.91 Å². The van der Waals surface area contributed by atoms with Crippen molar-refractivity contribution in [3.05, 3.63) is 92.6 Å². The molecule has 0 bridgehead atoms. The third-order valence-electron chi connectivity index (χ3n) is 6.41. The number of benzene rings is 2. The van der Waals surface area contributed by atoms with Crippen LogP contribution in [-0.2, 0) is 33.0 Å². The molecule has 2 aromatic carbocycles. The number of amides is 4. The highest BCUT2D eigenvalue weighted by atomic mass is 16.5. The summed E-state index contributed by atoms with van der Waals surface area (Å²) in [6.45, 7) is 0.956. The summed E-state index contributed by atoms with van der Waals surface area (Å²) in [5.41, 5.74) is 4.17. The Labute approximate surface area is 217 Å². The second-order valence-corrected chi connectivity index (χ2v) is 8.92. The molecule has 1 aromatic heterocycles. The molecule has 1 fully saturated rings. The number of H-pyrrole nitrogens is 1. The molecular weight excluding hydrogens is 492 g/mol. The molecule has 0 unspecified atom stereocenters. The van der Waals surface area contributed by atoms with Crippen molar-refractivity contribution in [1.82, 2.24) is 19.8 Å². The van der Waals surface area contributed by atoms with Gasteiger partial charge in [-0.3, -0.25) is 33.7 Å². The molecule has 0 aliphatic carbocycles. The normalized spacial score (nSPS) is 16.9. The molecule has 2 heterocycles. The molecule has 38 heavy (non-hydrogen) atoms. The summed E-state index contributed by atoms with van der Waals surface area (Å²) >= 11 is 0. The quantitative estimate of drug-likeness (QED) is 0.351. The smallest absolute Gasteiger partial charge is 0.330 e. The number of nitrogen functional groups attached to an aromatic ring is 1. The van der Waals surface area contributed by atoms with Crippen LogP contribution in [0, 0.1) is 0 Å². The molecule has 198 valence electrons. The fourth-order valence-electron chi connectivity index (χ4n) is 4.33. The fraction of sp³-hybridized carbons (Fsp3) is 0.269. The number of nitrogens with two attached hydrogens (primary N) is 1. The van der Waals surface area contributed by atoms with Gasteiger partial charge in [0.25, 0.3) is 11.5 Å². The van der Waals surface area contributed by atoms with E-state index in [1.54, 1.807) is 67.6 Å². The van der Waals surface area contributed by atoms with E-state index < -0.39 is 41.2 Å². The van der Waals surface area contributed by atoms with Gasteiger partial charge >= 0.3 is 11.7 Å². The number of ether oxygens (including phenoxy) is 1. The van der Waals surface area contributed by atoms with Crippen molar-refractivity contribution in [1.29, 1.82) is 0 Å². The molecular formula is C26H28N6O6. The van der Waals surface area contributed by atoms with Gasteiger partial charge in [0.1, 0.15) is 17.9 Å². The van der Waals surface area contributed by atoms with Gasteiger partial charge in [-0.25, -0.2) is 9.59 Å². The number of imide groups is 1. The van der Waals surface area contributed by atoms with Crippen LogP contribution in [0.5, 0.6) is 0 Å². The van der Waals surface area contributed by atoms with Gasteiger partial charge in [-0.05, 0) is 18.1 Å². The Hall–Kier alpha value is -4.71. The van der Waals surface area contributed by atoms with Crippen LogP contribution in [-0.4, -0.2) is 52.6 Å². The Morgan fingerprint density at radius 3 is 2.29 bits per heavy atom. The minimum Gasteiger partial charge on any atom is -0.383 e. The average molecular weight is 521 g/mol. The van der Waals surface area contributed by atoms with Crippen molar-refractivity contribution in [2.45, 2.75) is 25.6 Å². The lowest BCUT2D eigenvalue weighted by Gasteiger charge is -2.26. The number of hydrogen-bond acceptors (Lipinski definition) is 7. The summed E-state index contributed by atoms with van der Waals surface area (Å²) < 4.78 is 6.11. The number of carbonyl (C=O) groups excluding carboxylic acids is 3. The maximum atomic E-state index is 13.7. The molecule has 0 radical (unpaired) electrons. The molecule has 4 N–H and O–H groups in total. The summed E-state index contributed by atoms with van der Waals surface area (Å²) in [4.78, 5) is 69.3. The largest absolute Gasteiger partial charge is 0.383 e. The van der Waals surface area contributed by atoms with E-state index in [2.05, 4.69) is 10.3 Å². The first-order valence-electron chi connectivity index (χ1n) is 11.8. The highest BCUT2D eigenvalue weighted by Crippen LogP contribution is 2.29. The topological polar surface area (TPSA) is 160 Å². The Morgan fingerprint density at radius 1 is 1.03 bits per heavy atom. The van der Waals surface area contributed by atoms with Crippen molar-refractivity contribution >= 4 is 29.4 Å². The monoisotopic (exact) mass is 520 g/mol. The van der Waals surface area contributed by atoms with Crippen molar-refractivity contribution < 1.29 is 19.1 Å². The van der Waals surface area contributed by atoms with Gasteiger partial charge in [0.15, 0.2) is 5.69 Å². The zero-order valence-corrected chi connectivity index (χ0v) is 21.0. The van der Waals surface area contributed by atoms with Crippen LogP contribution in [0.1, 0.15) is 18.1 Å². The first kappa shape index (κ1) is 26.4. The first-order valence-corrected chi connectivity index (χ1v) is 11.8. The van der Waals surface area contributed by atoms with E-state index in [1.807, 2.05) is 0 Å². The molecule has 1 atom stereocenters. The second kappa shape index (κ2) is 10.7. The zero-order valence-electron chi connectivity index (χ0n) is 21.0. The van der Waals surface area contributed by atoms with E-state index in [0.29, 0.717) is 11.1 Å². The molecule has 4 rings (SSSR count). The van der Waals surface area contributed by atoms with E-state index in [-0.39, 0.29) is 31.2 Å². The lowest BCUT2D eigenvalue weighted by molar-refractivity contribution is -0.134. The van der Waals surface area contributed by atoms with Crippen LogP contribution in [0.15, 0.2) is 70.3 Å². The molecule has 0 saturated carbocycles. The molecule has 3 aromatic rings. The lowest BCUT2D eigenvalue weighted by Crippen LogP contribution is -2.47. The minimum atomic E-state index is -1.37. The number of aromatic nitrogens is 2. The highest BCUT2D eigenvalue weighted by molar-refractivity contribution is 6.10. The van der Waals surface area contributed by atoms with E-state index >= 15 is 0 Å². The summed E-state index contributed by atoms with van der Waals surface area (Å²) in [6, 6.07) is 16.7. The van der Waals surface area contributed by atoms with Crippen LogP contribution >= 0.6 is 0 Å². The van der Waals surface area contributed by atoms with E-state index in [9.17, 15) is 24.0 Å². The Kier molecular flexibility index (Phi) is 7.44.